The zero-order valence-electron chi connectivity index (χ0n) is 16.9. The van der Waals surface area contributed by atoms with Gasteiger partial charge in [-0.2, -0.15) is 0 Å². The fourth-order valence-electron chi connectivity index (χ4n) is 3.81. The number of carbonyl (C=O) groups is 2. The van der Waals surface area contributed by atoms with Crippen molar-refractivity contribution in [2.45, 2.75) is 25.6 Å². The third-order valence-corrected chi connectivity index (χ3v) is 5.35. The summed E-state index contributed by atoms with van der Waals surface area (Å²) in [5, 5.41) is 7.51. The highest BCUT2D eigenvalue weighted by molar-refractivity contribution is 5.90. The van der Waals surface area contributed by atoms with Crippen molar-refractivity contribution in [2.75, 3.05) is 42.5 Å². The van der Waals surface area contributed by atoms with Crippen molar-refractivity contribution < 1.29 is 23.1 Å². The molecule has 2 fully saturated rings. The van der Waals surface area contributed by atoms with E-state index in [4.69, 9.17) is 10.5 Å². The van der Waals surface area contributed by atoms with Gasteiger partial charge in [0.25, 0.3) is 0 Å². The largest absolute Gasteiger partial charge is 0.442 e. The quantitative estimate of drug-likeness (QED) is 0.732. The summed E-state index contributed by atoms with van der Waals surface area (Å²) in [7, 11) is 0. The highest BCUT2D eigenvalue weighted by Crippen LogP contribution is 2.31. The number of hydrogen-bond acceptors (Lipinski definition) is 7. The second kappa shape index (κ2) is 8.46. The van der Waals surface area contributed by atoms with Crippen LogP contribution in [0.5, 0.6) is 0 Å². The summed E-state index contributed by atoms with van der Waals surface area (Å²) in [6.07, 6.45) is 1.94. The van der Waals surface area contributed by atoms with E-state index >= 15 is 0 Å². The summed E-state index contributed by atoms with van der Waals surface area (Å²) in [5.41, 5.74) is 5.52. The van der Waals surface area contributed by atoms with E-state index in [0.29, 0.717) is 13.1 Å². The first-order chi connectivity index (χ1) is 14.8. The van der Waals surface area contributed by atoms with Crippen molar-refractivity contribution in [3.05, 3.63) is 36.2 Å². The number of cyclic esters (lactones) is 1. The Balaban J connectivity index is 1.45. The van der Waals surface area contributed by atoms with Gasteiger partial charge in [-0.1, -0.05) is 5.21 Å². The highest BCUT2D eigenvalue weighted by atomic mass is 19.1. The van der Waals surface area contributed by atoms with Gasteiger partial charge in [-0.25, -0.2) is 18.3 Å². The Morgan fingerprint density at radius 3 is 2.52 bits per heavy atom. The molecule has 0 aliphatic carbocycles. The molecule has 0 spiro atoms. The zero-order chi connectivity index (χ0) is 22.1. The normalized spacial score (nSPS) is 20.2. The molecule has 166 valence electrons. The van der Waals surface area contributed by atoms with E-state index in [2.05, 4.69) is 10.3 Å². The van der Waals surface area contributed by atoms with Gasteiger partial charge in [0.1, 0.15) is 11.8 Å². The van der Waals surface area contributed by atoms with Crippen molar-refractivity contribution in [3.63, 3.8) is 0 Å². The molecule has 2 aromatic rings. The third-order valence-electron chi connectivity index (χ3n) is 5.35. The van der Waals surface area contributed by atoms with E-state index in [9.17, 15) is 18.4 Å². The molecule has 1 aromatic heterocycles. The minimum Gasteiger partial charge on any atom is -0.442 e. The van der Waals surface area contributed by atoms with E-state index in [1.54, 1.807) is 22.9 Å². The number of hydrogen-bond donors (Lipinski definition) is 1. The zero-order valence-corrected chi connectivity index (χ0v) is 16.9. The Morgan fingerprint density at radius 2 is 1.94 bits per heavy atom. The van der Waals surface area contributed by atoms with Gasteiger partial charge in [-0.3, -0.25) is 9.69 Å². The topological polar surface area (TPSA) is 110 Å². The summed E-state index contributed by atoms with van der Waals surface area (Å²) in [6, 6.07) is 1.63. The first-order valence-corrected chi connectivity index (χ1v) is 9.94. The van der Waals surface area contributed by atoms with Gasteiger partial charge in [-0.15, -0.1) is 5.10 Å². The monoisotopic (exact) mass is 435 g/mol. The van der Waals surface area contributed by atoms with E-state index in [-0.39, 0.29) is 43.5 Å². The van der Waals surface area contributed by atoms with Gasteiger partial charge in [0.15, 0.2) is 11.6 Å². The molecule has 0 saturated carbocycles. The van der Waals surface area contributed by atoms with E-state index in [1.165, 1.54) is 15.8 Å². The lowest BCUT2D eigenvalue weighted by Gasteiger charge is -2.37. The van der Waals surface area contributed by atoms with E-state index < -0.39 is 29.9 Å². The fourth-order valence-corrected chi connectivity index (χ4v) is 3.81. The molecule has 10 nitrogen and oxygen atoms in total. The smallest absolute Gasteiger partial charge is 0.414 e. The van der Waals surface area contributed by atoms with Crippen LogP contribution >= 0.6 is 0 Å². The molecule has 2 N–H and O–H groups in total. The maximum atomic E-state index is 14.9. The van der Waals surface area contributed by atoms with Crippen LogP contribution < -0.4 is 15.5 Å². The van der Waals surface area contributed by atoms with Crippen LogP contribution in [0.2, 0.25) is 0 Å². The van der Waals surface area contributed by atoms with Gasteiger partial charge >= 0.3 is 6.09 Å². The molecular formula is C19H23F2N7O3. The first kappa shape index (κ1) is 21.0. The summed E-state index contributed by atoms with van der Waals surface area (Å²) in [6.45, 7) is 3.22. The van der Waals surface area contributed by atoms with Gasteiger partial charge in [0, 0.05) is 44.5 Å². The Kier molecular flexibility index (Phi) is 5.72. The van der Waals surface area contributed by atoms with Crippen molar-refractivity contribution in [1.82, 2.24) is 19.9 Å². The van der Waals surface area contributed by atoms with E-state index in [0.717, 1.165) is 12.1 Å². The molecule has 12 heteroatoms. The molecule has 2 saturated heterocycles. The number of carbonyl (C=O) groups excluding carboxylic acids is 2. The van der Waals surface area contributed by atoms with Crippen molar-refractivity contribution >= 4 is 23.4 Å². The number of nitrogens with two attached hydrogens (primary N) is 1. The minimum atomic E-state index is -0.783. The molecule has 31 heavy (non-hydrogen) atoms. The van der Waals surface area contributed by atoms with Gasteiger partial charge < -0.3 is 20.3 Å². The summed E-state index contributed by atoms with van der Waals surface area (Å²) < 4.78 is 36.5. The molecule has 2 aliphatic rings. The predicted molar refractivity (Wildman–Crippen MR) is 106 cm³/mol. The second-order valence-electron chi connectivity index (χ2n) is 7.60. The summed E-state index contributed by atoms with van der Waals surface area (Å²) in [4.78, 5) is 28.6. The van der Waals surface area contributed by atoms with Crippen LogP contribution in [0.15, 0.2) is 24.5 Å². The van der Waals surface area contributed by atoms with Crippen molar-refractivity contribution in [1.29, 1.82) is 0 Å². The number of rotatable bonds is 5. The average molecular weight is 435 g/mol. The molecule has 0 unspecified atom stereocenters. The third kappa shape index (κ3) is 4.29. The Bertz CT molecular complexity index is 938. The number of nitrogens with zero attached hydrogens (tertiary/aromatic N) is 6. The molecule has 3 heterocycles. The lowest BCUT2D eigenvalue weighted by Crippen LogP contribution is -2.52. The van der Waals surface area contributed by atoms with Crippen LogP contribution in [-0.2, 0) is 16.1 Å². The maximum absolute atomic E-state index is 14.9. The molecule has 2 amide bonds. The molecular weight excluding hydrogens is 412 g/mol. The lowest BCUT2D eigenvalue weighted by molar-refractivity contribution is -0.132. The number of amides is 2. The first-order valence-electron chi connectivity index (χ1n) is 9.94. The van der Waals surface area contributed by atoms with Crippen molar-refractivity contribution in [3.8, 4) is 0 Å². The summed E-state index contributed by atoms with van der Waals surface area (Å²) in [5.74, 6) is -1.76. The Morgan fingerprint density at radius 1 is 1.26 bits per heavy atom. The van der Waals surface area contributed by atoms with E-state index in [1.807, 2.05) is 0 Å². The van der Waals surface area contributed by atoms with Crippen LogP contribution in [-0.4, -0.2) is 76.8 Å². The number of piperazine rings is 1. The molecule has 1 aromatic carbocycles. The number of ether oxygens (including phenoxy) is 1. The highest BCUT2D eigenvalue weighted by Gasteiger charge is 2.34. The fraction of sp³-hybridized carbons (Fsp3) is 0.474. The Hall–Kier alpha value is -3.28. The SMILES string of the molecule is C[C@H](N)C(=O)N1CCN(c2c(F)cc(N3C[C@H](Cn4ccnn4)OC3=O)cc2F)CC1. The van der Waals surface area contributed by atoms with Crippen LogP contribution in [0, 0.1) is 11.6 Å². The number of halogens is 2. The van der Waals surface area contributed by atoms with Gasteiger partial charge in [0.2, 0.25) is 5.91 Å². The van der Waals surface area contributed by atoms with Gasteiger partial charge in [-0.05, 0) is 6.92 Å². The number of benzene rings is 1. The molecule has 0 bridgehead atoms. The molecule has 2 atom stereocenters. The summed E-state index contributed by atoms with van der Waals surface area (Å²) >= 11 is 0. The molecule has 4 rings (SSSR count). The lowest BCUT2D eigenvalue weighted by atomic mass is 10.2. The van der Waals surface area contributed by atoms with Crippen LogP contribution in [0.1, 0.15) is 6.92 Å². The minimum absolute atomic E-state index is 0.0793. The van der Waals surface area contributed by atoms with Crippen LogP contribution in [0.3, 0.4) is 0 Å². The van der Waals surface area contributed by atoms with Crippen LogP contribution in [0.4, 0.5) is 25.0 Å². The Labute approximate surface area is 177 Å². The maximum Gasteiger partial charge on any atom is 0.414 e. The number of aromatic nitrogens is 3. The standard InChI is InChI=1S/C19H23F2N7O3/c1-12(22)18(29)26-6-4-25(5-7-26)17-15(20)8-13(9-16(17)21)28-11-14(31-19(28)30)10-27-3-2-23-24-27/h2-3,8-9,12,14H,4-7,10-11,22H2,1H3/t12-,14-/m0/s1. The van der Waals surface area contributed by atoms with Crippen LogP contribution in [0.25, 0.3) is 0 Å². The molecule has 2 aliphatic heterocycles. The predicted octanol–water partition coefficient (Wildman–Crippen LogP) is 0.578. The average Bonchev–Trinajstić information content (AvgIpc) is 3.37. The molecule has 0 radical (unpaired) electrons. The number of anilines is 2. The van der Waals surface area contributed by atoms with Gasteiger partial charge in [0.05, 0.1) is 31.0 Å². The second-order valence-corrected chi connectivity index (χ2v) is 7.60. The van der Waals surface area contributed by atoms with Crippen molar-refractivity contribution in [2.24, 2.45) is 5.73 Å².